The number of carboxylic acid groups (broad SMARTS) is 1. The topological polar surface area (TPSA) is 66.8 Å². The second-order valence-electron chi connectivity index (χ2n) is 5.06. The third kappa shape index (κ3) is 2.86. The number of aromatic carboxylic acids is 1. The van der Waals surface area contributed by atoms with Crippen molar-refractivity contribution in [2.45, 2.75) is 26.5 Å². The number of nitrogens with zero attached hydrogens (tertiary/aromatic N) is 1. The first-order valence-electron chi connectivity index (χ1n) is 6.23. The molecule has 0 saturated heterocycles. The van der Waals surface area contributed by atoms with Crippen LogP contribution in [0.2, 0.25) is 0 Å². The van der Waals surface area contributed by atoms with Gasteiger partial charge >= 0.3 is 5.97 Å². The van der Waals surface area contributed by atoms with Crippen LogP contribution in [0.15, 0.2) is 18.2 Å². The fourth-order valence-electron chi connectivity index (χ4n) is 2.07. The third-order valence-electron chi connectivity index (χ3n) is 3.27. The summed E-state index contributed by atoms with van der Waals surface area (Å²) in [7, 11) is 0. The summed E-state index contributed by atoms with van der Waals surface area (Å²) < 4.78 is 5.88. The maximum absolute atomic E-state index is 11.0. The highest BCUT2D eigenvalue weighted by atomic mass is 16.5. The maximum Gasteiger partial charge on any atom is 0.335 e. The minimum Gasteiger partial charge on any atom is -0.488 e. The van der Waals surface area contributed by atoms with Crippen LogP contribution in [0.4, 0.5) is 0 Å². The minimum absolute atomic E-state index is 0.129. The van der Waals surface area contributed by atoms with Crippen LogP contribution in [0.25, 0.3) is 0 Å². The summed E-state index contributed by atoms with van der Waals surface area (Å²) in [6.07, 6.45) is 0.675. The molecule has 1 aliphatic rings. The van der Waals surface area contributed by atoms with Crippen LogP contribution >= 0.6 is 0 Å². The number of ether oxygens (including phenoxy) is 1. The normalized spacial score (nSPS) is 18.5. The van der Waals surface area contributed by atoms with Crippen LogP contribution in [-0.2, 0) is 11.3 Å². The number of carboxylic acids is 1. The highest BCUT2D eigenvalue weighted by Crippen LogP contribution is 2.28. The molecule has 1 amide bonds. The van der Waals surface area contributed by atoms with Crippen molar-refractivity contribution in [1.29, 1.82) is 0 Å². The first-order valence-corrected chi connectivity index (χ1v) is 6.23. The monoisotopic (exact) mass is 263 g/mol. The Kier molecular flexibility index (Phi) is 3.74. The summed E-state index contributed by atoms with van der Waals surface area (Å²) in [6, 6.07) is 4.77. The first-order chi connectivity index (χ1) is 9.01. The zero-order chi connectivity index (χ0) is 14.0. The highest BCUT2D eigenvalue weighted by molar-refractivity contribution is 5.88. The van der Waals surface area contributed by atoms with Gasteiger partial charge in [0.15, 0.2) is 0 Å². The summed E-state index contributed by atoms with van der Waals surface area (Å²) in [5, 5.41) is 9.01. The van der Waals surface area contributed by atoms with Crippen molar-refractivity contribution in [3.05, 3.63) is 29.3 Å². The number of carbonyl (C=O) groups is 2. The predicted molar refractivity (Wildman–Crippen MR) is 69.1 cm³/mol. The lowest BCUT2D eigenvalue weighted by molar-refractivity contribution is -0.119. The van der Waals surface area contributed by atoms with Gasteiger partial charge in [0.05, 0.1) is 12.1 Å². The lowest BCUT2D eigenvalue weighted by Gasteiger charge is -2.23. The fourth-order valence-corrected chi connectivity index (χ4v) is 2.07. The number of hydrogen-bond donors (Lipinski definition) is 1. The Hall–Kier alpha value is -2.04. The molecule has 1 aromatic rings. The zero-order valence-corrected chi connectivity index (χ0v) is 11.0. The lowest BCUT2D eigenvalue weighted by Crippen LogP contribution is -2.35. The molecule has 102 valence electrons. The Labute approximate surface area is 111 Å². The molecular weight excluding hydrogens is 246 g/mol. The van der Waals surface area contributed by atoms with Crippen molar-refractivity contribution in [2.24, 2.45) is 5.92 Å². The van der Waals surface area contributed by atoms with Crippen molar-refractivity contribution in [3.63, 3.8) is 0 Å². The number of carbonyl (C=O) groups excluding carboxylic acids is 1. The SMILES string of the molecule is CC(C)[C@@H]1CN(C=O)Cc2ccc(C(=O)O)cc2O1. The van der Waals surface area contributed by atoms with Crippen molar-refractivity contribution in [3.8, 4) is 5.75 Å². The van der Waals surface area contributed by atoms with Gasteiger partial charge in [-0.1, -0.05) is 19.9 Å². The quantitative estimate of drug-likeness (QED) is 0.844. The summed E-state index contributed by atoms with van der Waals surface area (Å²) in [5.41, 5.74) is 1.03. The molecule has 0 radical (unpaired) electrons. The Bertz CT molecular complexity index is 498. The number of rotatable bonds is 3. The molecule has 0 aliphatic carbocycles. The van der Waals surface area contributed by atoms with Gasteiger partial charge in [-0.15, -0.1) is 0 Å². The van der Waals surface area contributed by atoms with E-state index in [0.29, 0.717) is 18.8 Å². The van der Waals surface area contributed by atoms with E-state index in [1.54, 1.807) is 11.0 Å². The van der Waals surface area contributed by atoms with E-state index >= 15 is 0 Å². The Morgan fingerprint density at radius 3 is 2.84 bits per heavy atom. The molecule has 5 nitrogen and oxygen atoms in total. The number of amides is 1. The van der Waals surface area contributed by atoms with Crippen LogP contribution in [0.3, 0.4) is 0 Å². The van der Waals surface area contributed by atoms with Crippen molar-refractivity contribution in [1.82, 2.24) is 4.90 Å². The molecule has 1 N–H and O–H groups in total. The van der Waals surface area contributed by atoms with E-state index in [-0.39, 0.29) is 17.6 Å². The molecule has 0 saturated carbocycles. The highest BCUT2D eigenvalue weighted by Gasteiger charge is 2.25. The maximum atomic E-state index is 11.0. The summed E-state index contributed by atoms with van der Waals surface area (Å²) in [5.74, 6) is -0.186. The van der Waals surface area contributed by atoms with Gasteiger partial charge in [-0.05, 0) is 18.1 Å². The average Bonchev–Trinajstić information content (AvgIpc) is 2.56. The van der Waals surface area contributed by atoms with E-state index in [2.05, 4.69) is 0 Å². The van der Waals surface area contributed by atoms with Crippen molar-refractivity contribution < 1.29 is 19.4 Å². The van der Waals surface area contributed by atoms with E-state index in [4.69, 9.17) is 9.84 Å². The average molecular weight is 263 g/mol. The summed E-state index contributed by atoms with van der Waals surface area (Å²) in [6.45, 7) is 4.99. The molecule has 1 heterocycles. The van der Waals surface area contributed by atoms with Crippen LogP contribution in [0, 0.1) is 5.92 Å². The second-order valence-corrected chi connectivity index (χ2v) is 5.06. The number of fused-ring (bicyclic) bond motifs is 1. The van der Waals surface area contributed by atoms with Gasteiger partial charge in [-0.2, -0.15) is 0 Å². The summed E-state index contributed by atoms with van der Waals surface area (Å²) >= 11 is 0. The molecular formula is C14H17NO4. The molecule has 1 atom stereocenters. The van der Waals surface area contributed by atoms with E-state index in [1.807, 2.05) is 13.8 Å². The molecule has 1 aliphatic heterocycles. The minimum atomic E-state index is -0.982. The molecule has 0 fully saturated rings. The van der Waals surface area contributed by atoms with Crippen LogP contribution < -0.4 is 4.74 Å². The van der Waals surface area contributed by atoms with E-state index < -0.39 is 5.97 Å². The Morgan fingerprint density at radius 1 is 1.53 bits per heavy atom. The summed E-state index contributed by atoms with van der Waals surface area (Å²) in [4.78, 5) is 23.7. The van der Waals surface area contributed by atoms with Gasteiger partial charge in [0.1, 0.15) is 11.9 Å². The predicted octanol–water partition coefficient (Wildman–Crippen LogP) is 1.76. The van der Waals surface area contributed by atoms with Gasteiger partial charge in [-0.25, -0.2) is 4.79 Å². The van der Waals surface area contributed by atoms with Crippen molar-refractivity contribution >= 4 is 12.4 Å². The molecule has 0 spiro atoms. The van der Waals surface area contributed by atoms with Crippen molar-refractivity contribution in [2.75, 3.05) is 6.54 Å². The molecule has 19 heavy (non-hydrogen) atoms. The third-order valence-corrected chi connectivity index (χ3v) is 3.27. The molecule has 5 heteroatoms. The van der Waals surface area contributed by atoms with E-state index in [9.17, 15) is 9.59 Å². The smallest absolute Gasteiger partial charge is 0.335 e. The number of hydrogen-bond acceptors (Lipinski definition) is 3. The van der Waals surface area contributed by atoms with Gasteiger partial charge in [0, 0.05) is 12.1 Å². The van der Waals surface area contributed by atoms with Gasteiger partial charge in [0.25, 0.3) is 0 Å². The molecule has 0 bridgehead atoms. The van der Waals surface area contributed by atoms with Gasteiger partial charge in [0.2, 0.25) is 6.41 Å². The first kappa shape index (κ1) is 13.4. The second kappa shape index (κ2) is 5.30. The van der Waals surface area contributed by atoms with Gasteiger partial charge in [-0.3, -0.25) is 4.79 Å². The Balaban J connectivity index is 2.39. The van der Waals surface area contributed by atoms with Crippen LogP contribution in [0.5, 0.6) is 5.75 Å². The lowest BCUT2D eigenvalue weighted by atomic mass is 10.1. The van der Waals surface area contributed by atoms with Crippen LogP contribution in [-0.4, -0.2) is 35.0 Å². The Morgan fingerprint density at radius 2 is 2.26 bits per heavy atom. The standard InChI is InChI=1S/C14H17NO4/c1-9(2)13-7-15(8-16)6-11-4-3-10(14(17)18)5-12(11)19-13/h3-5,8-9,13H,6-7H2,1-2H3,(H,17,18)/t13-/m0/s1. The largest absolute Gasteiger partial charge is 0.488 e. The molecule has 2 rings (SSSR count). The molecule has 0 aromatic heterocycles. The van der Waals surface area contributed by atoms with E-state index in [0.717, 1.165) is 12.0 Å². The number of benzene rings is 1. The van der Waals surface area contributed by atoms with Gasteiger partial charge < -0.3 is 14.7 Å². The fraction of sp³-hybridized carbons (Fsp3) is 0.429. The molecule has 0 unspecified atom stereocenters. The van der Waals surface area contributed by atoms with Crippen LogP contribution in [0.1, 0.15) is 29.8 Å². The van der Waals surface area contributed by atoms with E-state index in [1.165, 1.54) is 12.1 Å². The molecule has 1 aromatic carbocycles. The zero-order valence-electron chi connectivity index (χ0n) is 11.0.